The second-order valence-corrected chi connectivity index (χ2v) is 2.39. The molecule has 0 atom stereocenters. The Balaban J connectivity index is 0.000000720. The molecule has 3 heteroatoms. The summed E-state index contributed by atoms with van der Waals surface area (Å²) in [4.78, 5) is 0. The Morgan fingerprint density at radius 1 is 1.00 bits per heavy atom. The van der Waals surface area contributed by atoms with Crippen molar-refractivity contribution in [2.75, 3.05) is 0 Å². The number of rotatable bonds is 0. The molecule has 0 saturated carbocycles. The van der Waals surface area contributed by atoms with Crippen LogP contribution in [0.3, 0.4) is 0 Å². The van der Waals surface area contributed by atoms with E-state index in [0.29, 0.717) is 0 Å². The smallest absolute Gasteiger partial charge is 0.223 e. The fourth-order valence-electron chi connectivity index (χ4n) is 1.13. The van der Waals surface area contributed by atoms with E-state index in [4.69, 9.17) is 0 Å². The molecule has 1 heterocycles. The number of hydrogen-bond acceptors (Lipinski definition) is 1. The Hall–Kier alpha value is -1.64. The van der Waals surface area contributed by atoms with E-state index in [-0.39, 0.29) is 4.70 Å². The van der Waals surface area contributed by atoms with Crippen LogP contribution < -0.4 is 4.73 Å². The molecule has 0 amide bonds. The molecule has 12 heavy (non-hydrogen) atoms. The molecular weight excluding hydrogens is 157 g/mol. The zero-order valence-electron chi connectivity index (χ0n) is 6.31. The average Bonchev–Trinajstić information content (AvgIpc) is 2.06. The number of pyridine rings is 1. The molecule has 0 aliphatic rings. The van der Waals surface area contributed by atoms with Gasteiger partial charge in [0, 0.05) is 17.5 Å². The molecule has 0 radical (unpaired) electrons. The van der Waals surface area contributed by atoms with Gasteiger partial charge in [0.2, 0.25) is 5.52 Å². The van der Waals surface area contributed by atoms with Crippen molar-refractivity contribution in [1.29, 1.82) is 0 Å². The van der Waals surface area contributed by atoms with Crippen LogP contribution in [0, 0.1) is 5.21 Å². The minimum Gasteiger partial charge on any atom is -0.618 e. The summed E-state index contributed by atoms with van der Waals surface area (Å²) in [7, 11) is 0. The Labute approximate surface area is 69.0 Å². The summed E-state index contributed by atoms with van der Waals surface area (Å²) in [5, 5.41) is 12.1. The predicted molar refractivity (Wildman–Crippen MR) is 45.4 cm³/mol. The highest BCUT2D eigenvalue weighted by Crippen LogP contribution is 2.06. The summed E-state index contributed by atoms with van der Waals surface area (Å²) < 4.78 is 0.870. The van der Waals surface area contributed by atoms with Crippen molar-refractivity contribution in [3.63, 3.8) is 0 Å². The van der Waals surface area contributed by atoms with Gasteiger partial charge >= 0.3 is 0 Å². The zero-order valence-corrected chi connectivity index (χ0v) is 6.31. The highest BCUT2D eigenvalue weighted by molar-refractivity contribution is 5.74. The molecule has 0 fully saturated rings. The summed E-state index contributed by atoms with van der Waals surface area (Å²) >= 11 is 0. The van der Waals surface area contributed by atoms with Gasteiger partial charge in [0.05, 0.1) is 0 Å². The van der Waals surface area contributed by atoms with Crippen LogP contribution in [0.15, 0.2) is 42.6 Å². The van der Waals surface area contributed by atoms with Crippen LogP contribution in [0.2, 0.25) is 0 Å². The van der Waals surface area contributed by atoms with Gasteiger partial charge in [0.1, 0.15) is 0 Å². The first-order chi connectivity index (χ1) is 5.38. The number of aromatic nitrogens is 1. The first-order valence-electron chi connectivity index (χ1n) is 3.45. The van der Waals surface area contributed by atoms with E-state index in [9.17, 15) is 5.21 Å². The van der Waals surface area contributed by atoms with Crippen molar-refractivity contribution in [3.8, 4) is 0 Å². The minimum absolute atomic E-state index is 0. The Morgan fingerprint density at radius 3 is 2.42 bits per heavy atom. The maximum Gasteiger partial charge on any atom is 0.223 e. The van der Waals surface area contributed by atoms with Gasteiger partial charge in [-0.05, 0) is 12.1 Å². The van der Waals surface area contributed by atoms with E-state index in [0.717, 1.165) is 15.6 Å². The first kappa shape index (κ1) is 8.46. The number of hydrogen-bond donors (Lipinski definition) is 0. The second-order valence-electron chi connectivity index (χ2n) is 2.39. The normalized spacial score (nSPS) is 9.33. The SMILES string of the molecule is F.[O-][n+]1cccc2ccccc21. The van der Waals surface area contributed by atoms with Crippen LogP contribution >= 0.6 is 0 Å². The van der Waals surface area contributed by atoms with E-state index in [1.165, 1.54) is 6.20 Å². The van der Waals surface area contributed by atoms with Gasteiger partial charge in [0.25, 0.3) is 0 Å². The summed E-state index contributed by atoms with van der Waals surface area (Å²) in [5.41, 5.74) is 0.718. The van der Waals surface area contributed by atoms with Crippen molar-refractivity contribution in [3.05, 3.63) is 47.8 Å². The van der Waals surface area contributed by atoms with Gasteiger partial charge in [-0.15, -0.1) is 0 Å². The fourth-order valence-corrected chi connectivity index (χ4v) is 1.13. The highest BCUT2D eigenvalue weighted by atomic mass is 19.0. The van der Waals surface area contributed by atoms with E-state index in [2.05, 4.69) is 0 Å². The lowest BCUT2D eigenvalue weighted by Crippen LogP contribution is -2.25. The molecule has 2 rings (SSSR count). The van der Waals surface area contributed by atoms with Crippen molar-refractivity contribution >= 4 is 10.9 Å². The van der Waals surface area contributed by atoms with Crippen molar-refractivity contribution in [2.45, 2.75) is 0 Å². The van der Waals surface area contributed by atoms with E-state index < -0.39 is 0 Å². The highest BCUT2D eigenvalue weighted by Gasteiger charge is 1.97. The predicted octanol–water partition coefficient (Wildman–Crippen LogP) is 1.63. The lowest BCUT2D eigenvalue weighted by atomic mass is 10.2. The molecule has 0 unspecified atom stereocenters. The average molecular weight is 165 g/mol. The molecule has 2 aromatic rings. The lowest BCUT2D eigenvalue weighted by molar-refractivity contribution is -0.577. The topological polar surface area (TPSA) is 26.9 Å². The third kappa shape index (κ3) is 1.21. The standard InChI is InChI=1S/C9H7NO.FH/c11-10-7-3-5-8-4-1-2-6-9(8)10;/h1-7H;1H. The Morgan fingerprint density at radius 2 is 1.67 bits per heavy atom. The number of fused-ring (bicyclic) bond motifs is 1. The monoisotopic (exact) mass is 165 g/mol. The lowest BCUT2D eigenvalue weighted by Gasteiger charge is -1.98. The van der Waals surface area contributed by atoms with E-state index in [1.807, 2.05) is 30.3 Å². The number of nitrogens with zero attached hydrogens (tertiary/aromatic N) is 1. The molecule has 0 aliphatic carbocycles. The summed E-state index contributed by atoms with van der Waals surface area (Å²) in [6.45, 7) is 0. The molecule has 1 aromatic heterocycles. The largest absolute Gasteiger partial charge is 0.618 e. The van der Waals surface area contributed by atoms with E-state index in [1.54, 1.807) is 6.07 Å². The quantitative estimate of drug-likeness (QED) is 0.430. The second kappa shape index (κ2) is 3.17. The van der Waals surface area contributed by atoms with Gasteiger partial charge in [0.15, 0.2) is 6.20 Å². The van der Waals surface area contributed by atoms with Crippen LogP contribution in [0.25, 0.3) is 10.9 Å². The van der Waals surface area contributed by atoms with Crippen LogP contribution in [0.5, 0.6) is 0 Å². The fraction of sp³-hybridized carbons (Fsp3) is 0. The van der Waals surface area contributed by atoms with Gasteiger partial charge in [-0.1, -0.05) is 12.1 Å². The molecule has 1 aromatic carbocycles. The first-order valence-corrected chi connectivity index (χ1v) is 3.45. The molecule has 0 bridgehead atoms. The summed E-state index contributed by atoms with van der Waals surface area (Å²) in [6.07, 6.45) is 1.50. The number of halogens is 1. The zero-order chi connectivity index (χ0) is 7.68. The maximum absolute atomic E-state index is 11.1. The van der Waals surface area contributed by atoms with Gasteiger partial charge in [-0.3, -0.25) is 4.70 Å². The summed E-state index contributed by atoms with van der Waals surface area (Å²) in [5.74, 6) is 0. The van der Waals surface area contributed by atoms with Crippen LogP contribution in [-0.4, -0.2) is 0 Å². The molecular formula is C9H8FNO. The van der Waals surface area contributed by atoms with Crippen LogP contribution in [-0.2, 0) is 0 Å². The molecule has 2 nitrogen and oxygen atoms in total. The maximum atomic E-state index is 11.1. The molecule has 0 aliphatic heterocycles. The Bertz CT molecular complexity index is 384. The minimum atomic E-state index is 0. The van der Waals surface area contributed by atoms with Crippen molar-refractivity contribution in [2.24, 2.45) is 0 Å². The molecule has 62 valence electrons. The molecule has 0 saturated heterocycles. The van der Waals surface area contributed by atoms with Gasteiger partial charge in [-0.2, -0.15) is 4.73 Å². The molecule has 0 N–H and O–H groups in total. The third-order valence-corrected chi connectivity index (χ3v) is 1.67. The number of para-hydroxylation sites is 1. The Kier molecular flexibility index (Phi) is 2.24. The van der Waals surface area contributed by atoms with Gasteiger partial charge in [-0.25, -0.2) is 0 Å². The third-order valence-electron chi connectivity index (χ3n) is 1.67. The van der Waals surface area contributed by atoms with Crippen molar-refractivity contribution < 1.29 is 9.43 Å². The van der Waals surface area contributed by atoms with Crippen molar-refractivity contribution in [1.82, 2.24) is 0 Å². The summed E-state index contributed by atoms with van der Waals surface area (Å²) in [6, 6.07) is 11.2. The van der Waals surface area contributed by atoms with E-state index >= 15 is 0 Å². The van der Waals surface area contributed by atoms with Gasteiger partial charge < -0.3 is 5.21 Å². The van der Waals surface area contributed by atoms with Crippen LogP contribution in [0.1, 0.15) is 0 Å². The number of benzene rings is 1. The molecule has 0 spiro atoms. The van der Waals surface area contributed by atoms with Crippen LogP contribution in [0.4, 0.5) is 4.70 Å².